The summed E-state index contributed by atoms with van der Waals surface area (Å²) in [6.45, 7) is 6.28. The molecule has 0 radical (unpaired) electrons. The van der Waals surface area contributed by atoms with Gasteiger partial charge in [-0.2, -0.15) is 0 Å². The Morgan fingerprint density at radius 1 is 1.08 bits per heavy atom. The Labute approximate surface area is 156 Å². The van der Waals surface area contributed by atoms with Gasteiger partial charge in [-0.15, -0.1) is 11.3 Å². The van der Waals surface area contributed by atoms with Gasteiger partial charge in [0, 0.05) is 35.4 Å². The molecule has 6 heteroatoms. The van der Waals surface area contributed by atoms with Crippen LogP contribution >= 0.6 is 11.3 Å². The minimum atomic E-state index is -0.929. The maximum absolute atomic E-state index is 10.9. The van der Waals surface area contributed by atoms with Gasteiger partial charge in [0.1, 0.15) is 0 Å². The first-order valence-corrected chi connectivity index (χ1v) is 9.40. The summed E-state index contributed by atoms with van der Waals surface area (Å²) in [7, 11) is 0. The van der Waals surface area contributed by atoms with Crippen molar-refractivity contribution < 1.29 is 9.90 Å². The van der Waals surface area contributed by atoms with Crippen LogP contribution in [0.15, 0.2) is 53.9 Å². The maximum atomic E-state index is 10.9. The SMILES string of the molecule is CCN(CC)c1ccc(-c2csc(Nc3ccc(C(=O)O)cc3)n2)cc1. The molecule has 0 amide bonds. The highest BCUT2D eigenvalue weighted by Gasteiger charge is 2.07. The lowest BCUT2D eigenvalue weighted by Gasteiger charge is -2.20. The van der Waals surface area contributed by atoms with Crippen LogP contribution in [0.3, 0.4) is 0 Å². The number of benzene rings is 2. The lowest BCUT2D eigenvalue weighted by molar-refractivity contribution is 0.0697. The molecule has 0 aliphatic heterocycles. The fourth-order valence-corrected chi connectivity index (χ4v) is 3.45. The predicted octanol–water partition coefficient (Wildman–Crippen LogP) is 5.10. The molecular formula is C20H21N3O2S. The van der Waals surface area contributed by atoms with E-state index in [9.17, 15) is 4.79 Å². The molecule has 134 valence electrons. The summed E-state index contributed by atoms with van der Waals surface area (Å²) in [6.07, 6.45) is 0. The van der Waals surface area contributed by atoms with E-state index >= 15 is 0 Å². The van der Waals surface area contributed by atoms with Gasteiger partial charge >= 0.3 is 5.97 Å². The lowest BCUT2D eigenvalue weighted by Crippen LogP contribution is -2.21. The summed E-state index contributed by atoms with van der Waals surface area (Å²) < 4.78 is 0. The first-order valence-electron chi connectivity index (χ1n) is 8.52. The van der Waals surface area contributed by atoms with E-state index in [1.165, 1.54) is 17.0 Å². The molecule has 0 aliphatic carbocycles. The molecule has 1 aromatic heterocycles. The molecule has 0 aliphatic rings. The average molecular weight is 367 g/mol. The number of carboxylic acids is 1. The van der Waals surface area contributed by atoms with Crippen LogP contribution in [-0.4, -0.2) is 29.1 Å². The van der Waals surface area contributed by atoms with Gasteiger partial charge in [0.25, 0.3) is 0 Å². The van der Waals surface area contributed by atoms with Crippen LogP contribution in [-0.2, 0) is 0 Å². The van der Waals surface area contributed by atoms with Gasteiger partial charge in [-0.3, -0.25) is 0 Å². The number of nitrogens with one attached hydrogen (secondary N) is 1. The quantitative estimate of drug-likeness (QED) is 0.608. The van der Waals surface area contributed by atoms with E-state index in [-0.39, 0.29) is 5.56 Å². The zero-order chi connectivity index (χ0) is 18.5. The fraction of sp³-hybridized carbons (Fsp3) is 0.200. The van der Waals surface area contributed by atoms with E-state index in [1.807, 2.05) is 5.38 Å². The van der Waals surface area contributed by atoms with Crippen molar-refractivity contribution in [3.63, 3.8) is 0 Å². The zero-order valence-corrected chi connectivity index (χ0v) is 15.6. The van der Waals surface area contributed by atoms with E-state index in [1.54, 1.807) is 24.3 Å². The Bertz CT molecular complexity index is 869. The molecule has 3 rings (SSSR count). The number of rotatable bonds is 7. The second kappa shape index (κ2) is 8.01. The lowest BCUT2D eigenvalue weighted by atomic mass is 10.1. The number of hydrogen-bond donors (Lipinski definition) is 2. The van der Waals surface area contributed by atoms with E-state index in [2.05, 4.69) is 53.3 Å². The van der Waals surface area contributed by atoms with E-state index in [4.69, 9.17) is 5.11 Å². The summed E-state index contributed by atoms with van der Waals surface area (Å²) in [4.78, 5) is 17.8. The number of hydrogen-bond acceptors (Lipinski definition) is 5. The Morgan fingerprint density at radius 3 is 2.31 bits per heavy atom. The molecular weight excluding hydrogens is 346 g/mol. The molecule has 5 nitrogen and oxygen atoms in total. The third kappa shape index (κ3) is 4.03. The van der Waals surface area contributed by atoms with Gasteiger partial charge in [0.05, 0.1) is 11.3 Å². The molecule has 26 heavy (non-hydrogen) atoms. The summed E-state index contributed by atoms with van der Waals surface area (Å²) in [6, 6.07) is 15.1. The fourth-order valence-electron chi connectivity index (χ4n) is 2.72. The van der Waals surface area contributed by atoms with Crippen molar-refractivity contribution in [2.45, 2.75) is 13.8 Å². The molecule has 0 spiro atoms. The molecule has 2 N–H and O–H groups in total. The predicted molar refractivity (Wildman–Crippen MR) is 108 cm³/mol. The van der Waals surface area contributed by atoms with Crippen LogP contribution in [0.2, 0.25) is 0 Å². The number of aromatic carboxylic acids is 1. The number of carboxylic acid groups (broad SMARTS) is 1. The number of anilines is 3. The summed E-state index contributed by atoms with van der Waals surface area (Å²) >= 11 is 1.52. The summed E-state index contributed by atoms with van der Waals surface area (Å²) in [5, 5.41) is 14.9. The normalized spacial score (nSPS) is 10.5. The largest absolute Gasteiger partial charge is 0.478 e. The van der Waals surface area contributed by atoms with E-state index in [0.717, 1.165) is 35.2 Å². The number of thiazole rings is 1. The molecule has 0 saturated heterocycles. The van der Waals surface area contributed by atoms with Gasteiger partial charge < -0.3 is 15.3 Å². The highest BCUT2D eigenvalue weighted by molar-refractivity contribution is 7.14. The van der Waals surface area contributed by atoms with Gasteiger partial charge in [-0.1, -0.05) is 12.1 Å². The van der Waals surface area contributed by atoms with Crippen LogP contribution in [0.5, 0.6) is 0 Å². The Morgan fingerprint density at radius 2 is 1.73 bits per heavy atom. The minimum Gasteiger partial charge on any atom is -0.478 e. The summed E-state index contributed by atoms with van der Waals surface area (Å²) in [5.41, 5.74) is 4.29. The topological polar surface area (TPSA) is 65.5 Å². The highest BCUT2D eigenvalue weighted by atomic mass is 32.1. The molecule has 0 saturated carbocycles. The molecule has 0 atom stereocenters. The molecule has 1 heterocycles. The first kappa shape index (κ1) is 17.9. The van der Waals surface area contributed by atoms with E-state index in [0.29, 0.717) is 0 Å². The standard InChI is InChI=1S/C20H21N3O2S/c1-3-23(4-2)17-11-7-14(8-12-17)18-13-26-20(22-18)21-16-9-5-15(6-10-16)19(24)25/h5-13H,3-4H2,1-2H3,(H,21,22)(H,24,25). The van der Waals surface area contributed by atoms with Crippen LogP contribution in [0.4, 0.5) is 16.5 Å². The van der Waals surface area contributed by atoms with Crippen molar-refractivity contribution in [3.8, 4) is 11.3 Å². The smallest absolute Gasteiger partial charge is 0.335 e. The molecule has 0 unspecified atom stereocenters. The number of nitrogens with zero attached hydrogens (tertiary/aromatic N) is 2. The van der Waals surface area contributed by atoms with Gasteiger partial charge in [0.2, 0.25) is 0 Å². The van der Waals surface area contributed by atoms with Crippen molar-refractivity contribution in [2.24, 2.45) is 0 Å². The van der Waals surface area contributed by atoms with Crippen molar-refractivity contribution in [1.82, 2.24) is 4.98 Å². The highest BCUT2D eigenvalue weighted by Crippen LogP contribution is 2.28. The molecule has 0 fully saturated rings. The molecule has 3 aromatic rings. The number of carbonyl (C=O) groups is 1. The van der Waals surface area contributed by atoms with Gasteiger partial charge in [-0.25, -0.2) is 9.78 Å². The first-order chi connectivity index (χ1) is 12.6. The maximum Gasteiger partial charge on any atom is 0.335 e. The molecule has 2 aromatic carbocycles. The molecule has 0 bridgehead atoms. The third-order valence-corrected chi connectivity index (χ3v) is 4.94. The monoisotopic (exact) mass is 367 g/mol. The zero-order valence-electron chi connectivity index (χ0n) is 14.8. The van der Waals surface area contributed by atoms with Gasteiger partial charge in [-0.05, 0) is 50.2 Å². The van der Waals surface area contributed by atoms with Crippen LogP contribution in [0, 0.1) is 0 Å². The Hall–Kier alpha value is -2.86. The van der Waals surface area contributed by atoms with Crippen molar-refractivity contribution >= 4 is 33.8 Å². The van der Waals surface area contributed by atoms with Crippen molar-refractivity contribution in [3.05, 3.63) is 59.5 Å². The minimum absolute atomic E-state index is 0.267. The van der Waals surface area contributed by atoms with Crippen LogP contribution in [0.25, 0.3) is 11.3 Å². The Kier molecular flexibility index (Phi) is 5.53. The van der Waals surface area contributed by atoms with Crippen molar-refractivity contribution in [1.29, 1.82) is 0 Å². The van der Waals surface area contributed by atoms with Crippen LogP contribution < -0.4 is 10.2 Å². The second-order valence-electron chi connectivity index (χ2n) is 5.76. The average Bonchev–Trinajstić information content (AvgIpc) is 3.12. The van der Waals surface area contributed by atoms with Crippen LogP contribution in [0.1, 0.15) is 24.2 Å². The number of aromatic nitrogens is 1. The van der Waals surface area contributed by atoms with E-state index < -0.39 is 5.97 Å². The Balaban J connectivity index is 1.72. The third-order valence-electron chi connectivity index (χ3n) is 4.18. The van der Waals surface area contributed by atoms with Gasteiger partial charge in [0.15, 0.2) is 5.13 Å². The van der Waals surface area contributed by atoms with Crippen molar-refractivity contribution in [2.75, 3.05) is 23.3 Å². The second-order valence-corrected chi connectivity index (χ2v) is 6.62. The summed E-state index contributed by atoms with van der Waals surface area (Å²) in [5.74, 6) is -0.929.